The maximum atomic E-state index is 5.94. The average molecular weight is 390 g/mol. The molecule has 4 rings (SSSR count). The van der Waals surface area contributed by atoms with Crippen LogP contribution in [0.25, 0.3) is 20.8 Å². The molecule has 0 unspecified atom stereocenters. The number of thiophene rings is 1. The van der Waals surface area contributed by atoms with Gasteiger partial charge < -0.3 is 0 Å². The molecule has 0 radical (unpaired) electrons. The minimum atomic E-state index is 0.751. The van der Waals surface area contributed by atoms with Gasteiger partial charge in [-0.1, -0.05) is 41.6 Å². The molecule has 7 heteroatoms. The predicted octanol–water partition coefficient (Wildman–Crippen LogP) is 6.07. The highest BCUT2D eigenvalue weighted by atomic mass is 35.5. The lowest BCUT2D eigenvalue weighted by molar-refractivity contribution is 0.957. The zero-order chi connectivity index (χ0) is 16.5. The maximum Gasteiger partial charge on any atom is 0.146 e. The lowest BCUT2D eigenvalue weighted by Gasteiger charge is -2.04. The molecule has 0 saturated heterocycles. The van der Waals surface area contributed by atoms with Crippen molar-refractivity contribution in [3.63, 3.8) is 0 Å². The van der Waals surface area contributed by atoms with Crippen LogP contribution in [0.5, 0.6) is 0 Å². The minimum absolute atomic E-state index is 0.751. The summed E-state index contributed by atoms with van der Waals surface area (Å²) in [4.78, 5) is 5.82. The molecular weight excluding hydrogens is 378 g/mol. The third-order valence-electron chi connectivity index (χ3n) is 3.44. The van der Waals surface area contributed by atoms with E-state index in [2.05, 4.69) is 26.6 Å². The van der Waals surface area contributed by atoms with Gasteiger partial charge in [-0.15, -0.1) is 32.9 Å². The molecule has 0 bridgehead atoms. The zero-order valence-electron chi connectivity index (χ0n) is 12.7. The first-order valence-electron chi connectivity index (χ1n) is 7.25. The minimum Gasteiger partial charge on any atom is -0.238 e. The number of aryl methyl sites for hydroxylation is 1. The highest BCUT2D eigenvalue weighted by molar-refractivity contribution is 7.98. The van der Waals surface area contributed by atoms with E-state index in [1.807, 2.05) is 37.3 Å². The molecule has 0 aliphatic carbocycles. The normalized spacial score (nSPS) is 11.2. The van der Waals surface area contributed by atoms with Gasteiger partial charge in [-0.25, -0.2) is 4.98 Å². The zero-order valence-corrected chi connectivity index (χ0v) is 15.9. The molecule has 0 aliphatic rings. The second-order valence-corrected chi connectivity index (χ2v) is 8.71. The van der Waals surface area contributed by atoms with Crippen LogP contribution in [0.3, 0.4) is 0 Å². The number of hydrogen-bond donors (Lipinski definition) is 0. The van der Waals surface area contributed by atoms with Crippen LogP contribution < -0.4 is 0 Å². The van der Waals surface area contributed by atoms with Gasteiger partial charge in [0.25, 0.3) is 0 Å². The Bertz CT molecular complexity index is 978. The Morgan fingerprint density at radius 1 is 1.12 bits per heavy atom. The van der Waals surface area contributed by atoms with Gasteiger partial charge in [0.1, 0.15) is 16.2 Å². The van der Waals surface area contributed by atoms with Crippen LogP contribution >= 0.6 is 46.0 Å². The molecule has 0 aliphatic heterocycles. The summed E-state index contributed by atoms with van der Waals surface area (Å²) in [5.74, 6) is 0.815. The van der Waals surface area contributed by atoms with Crippen molar-refractivity contribution in [2.24, 2.45) is 0 Å². The summed E-state index contributed by atoms with van der Waals surface area (Å²) in [6.45, 7) is 2.02. The number of benzene rings is 1. The first-order valence-corrected chi connectivity index (χ1v) is 10.3. The van der Waals surface area contributed by atoms with Gasteiger partial charge in [-0.05, 0) is 36.1 Å². The molecular formula is C17H12ClN3S3. The molecule has 120 valence electrons. The van der Waals surface area contributed by atoms with Crippen molar-refractivity contribution in [2.75, 3.05) is 0 Å². The summed E-state index contributed by atoms with van der Waals surface area (Å²) in [6.07, 6.45) is 0. The average Bonchev–Trinajstić information content (AvgIpc) is 3.23. The van der Waals surface area contributed by atoms with Crippen molar-refractivity contribution >= 4 is 56.3 Å². The number of aromatic nitrogens is 3. The quantitative estimate of drug-likeness (QED) is 0.397. The summed E-state index contributed by atoms with van der Waals surface area (Å²) in [6, 6.07) is 12.0. The van der Waals surface area contributed by atoms with Crippen LogP contribution in [-0.2, 0) is 5.75 Å². The van der Waals surface area contributed by atoms with Crippen molar-refractivity contribution in [1.29, 1.82) is 0 Å². The largest absolute Gasteiger partial charge is 0.238 e. The van der Waals surface area contributed by atoms with E-state index in [1.165, 1.54) is 5.56 Å². The molecule has 4 aromatic rings. The topological polar surface area (TPSA) is 38.7 Å². The Kier molecular flexibility index (Phi) is 4.54. The second kappa shape index (κ2) is 6.80. The van der Waals surface area contributed by atoms with E-state index in [4.69, 9.17) is 11.6 Å². The summed E-state index contributed by atoms with van der Waals surface area (Å²) in [5, 5.41) is 13.6. The van der Waals surface area contributed by atoms with Gasteiger partial charge in [0, 0.05) is 10.8 Å². The van der Waals surface area contributed by atoms with Crippen molar-refractivity contribution in [3.05, 3.63) is 57.4 Å². The van der Waals surface area contributed by atoms with Crippen molar-refractivity contribution in [3.8, 4) is 10.6 Å². The number of thiazole rings is 1. The van der Waals surface area contributed by atoms with Crippen LogP contribution in [0.1, 0.15) is 10.6 Å². The van der Waals surface area contributed by atoms with E-state index in [9.17, 15) is 0 Å². The molecule has 0 saturated carbocycles. The Morgan fingerprint density at radius 3 is 2.71 bits per heavy atom. The molecule has 24 heavy (non-hydrogen) atoms. The fraction of sp³-hybridized carbons (Fsp3) is 0.118. The smallest absolute Gasteiger partial charge is 0.146 e. The number of nitrogens with zero attached hydrogens (tertiary/aromatic N) is 3. The predicted molar refractivity (Wildman–Crippen MR) is 104 cm³/mol. The number of halogens is 1. The third kappa shape index (κ3) is 3.19. The van der Waals surface area contributed by atoms with Gasteiger partial charge in [-0.3, -0.25) is 0 Å². The molecule has 0 amide bonds. The van der Waals surface area contributed by atoms with E-state index in [1.54, 1.807) is 34.4 Å². The van der Waals surface area contributed by atoms with Gasteiger partial charge in [-0.2, -0.15) is 0 Å². The third-order valence-corrected chi connectivity index (χ3v) is 6.57. The summed E-state index contributed by atoms with van der Waals surface area (Å²) >= 11 is 10.9. The molecule has 1 aromatic carbocycles. The molecule has 0 atom stereocenters. The Labute approximate surface area is 156 Å². The first-order chi connectivity index (χ1) is 11.7. The Morgan fingerprint density at radius 2 is 1.96 bits per heavy atom. The SMILES string of the molecule is Cc1nc2c(SCc3ccc(Cl)cc3)nnc(-c3cccs3)c2s1. The number of rotatable bonds is 4. The Hall–Kier alpha value is -1.47. The lowest BCUT2D eigenvalue weighted by atomic mass is 10.2. The van der Waals surface area contributed by atoms with E-state index in [0.29, 0.717) is 0 Å². The number of hydrogen-bond acceptors (Lipinski definition) is 6. The van der Waals surface area contributed by atoms with Gasteiger partial charge in [0.15, 0.2) is 0 Å². The molecule has 3 aromatic heterocycles. The first kappa shape index (κ1) is 16.0. The summed E-state index contributed by atoms with van der Waals surface area (Å²) in [7, 11) is 0. The van der Waals surface area contributed by atoms with Crippen LogP contribution in [0.2, 0.25) is 5.02 Å². The Balaban J connectivity index is 1.69. The van der Waals surface area contributed by atoms with Gasteiger partial charge >= 0.3 is 0 Å². The second-order valence-electron chi connectivity index (χ2n) is 5.16. The van der Waals surface area contributed by atoms with Crippen molar-refractivity contribution < 1.29 is 0 Å². The number of thioether (sulfide) groups is 1. The van der Waals surface area contributed by atoms with Crippen LogP contribution in [0.15, 0.2) is 46.8 Å². The van der Waals surface area contributed by atoms with E-state index in [0.717, 1.165) is 41.6 Å². The van der Waals surface area contributed by atoms with Crippen molar-refractivity contribution in [1.82, 2.24) is 15.2 Å². The monoisotopic (exact) mass is 389 g/mol. The van der Waals surface area contributed by atoms with E-state index >= 15 is 0 Å². The van der Waals surface area contributed by atoms with Crippen molar-refractivity contribution in [2.45, 2.75) is 17.7 Å². The molecule has 0 spiro atoms. The summed E-state index contributed by atoms with van der Waals surface area (Å²) < 4.78 is 1.11. The summed E-state index contributed by atoms with van der Waals surface area (Å²) in [5.41, 5.74) is 3.09. The van der Waals surface area contributed by atoms with Crippen LogP contribution in [0, 0.1) is 6.92 Å². The highest BCUT2D eigenvalue weighted by Crippen LogP contribution is 2.37. The molecule has 0 fully saturated rings. The molecule has 3 heterocycles. The standard InChI is InChI=1S/C17H12ClN3S3/c1-10-19-15-16(24-10)14(13-3-2-8-22-13)20-21-17(15)23-9-11-4-6-12(18)7-5-11/h2-8H,9H2,1H3. The van der Waals surface area contributed by atoms with E-state index < -0.39 is 0 Å². The van der Waals surface area contributed by atoms with Crippen LogP contribution in [-0.4, -0.2) is 15.2 Å². The van der Waals surface area contributed by atoms with E-state index in [-0.39, 0.29) is 0 Å². The highest BCUT2D eigenvalue weighted by Gasteiger charge is 2.16. The molecule has 3 nitrogen and oxygen atoms in total. The van der Waals surface area contributed by atoms with Gasteiger partial charge in [0.2, 0.25) is 0 Å². The fourth-order valence-electron chi connectivity index (χ4n) is 2.32. The molecule has 0 N–H and O–H groups in total. The van der Waals surface area contributed by atoms with Crippen LogP contribution in [0.4, 0.5) is 0 Å². The maximum absolute atomic E-state index is 5.94. The lowest BCUT2D eigenvalue weighted by Crippen LogP contribution is -1.92. The van der Waals surface area contributed by atoms with Gasteiger partial charge in [0.05, 0.1) is 14.6 Å². The number of fused-ring (bicyclic) bond motifs is 1. The fourth-order valence-corrected chi connectivity index (χ4v) is 5.09.